The molecule has 4 nitrogen and oxygen atoms in total. The van der Waals surface area contributed by atoms with E-state index < -0.39 is 5.60 Å². The Balaban J connectivity index is 1.85. The molecule has 1 fully saturated rings. The van der Waals surface area contributed by atoms with Crippen LogP contribution in [0.2, 0.25) is 0 Å². The number of aryl methyl sites for hydroxylation is 1. The lowest BCUT2D eigenvalue weighted by molar-refractivity contribution is -0.117. The summed E-state index contributed by atoms with van der Waals surface area (Å²) in [6.45, 7) is 4.24. The van der Waals surface area contributed by atoms with Crippen molar-refractivity contribution in [3.63, 3.8) is 0 Å². The minimum atomic E-state index is -0.500. The summed E-state index contributed by atoms with van der Waals surface area (Å²) in [5.74, 6) is 0.928. The van der Waals surface area contributed by atoms with Gasteiger partial charge in [0.1, 0.15) is 17.6 Å². The molecule has 0 aromatic heterocycles. The van der Waals surface area contributed by atoms with Gasteiger partial charge in [0, 0.05) is 18.1 Å². The number of carbonyl (C=O) groups excluding carboxylic acids is 2. The molecule has 3 rings (SSSR count). The lowest BCUT2D eigenvalue weighted by atomic mass is 9.76. The highest BCUT2D eigenvalue weighted by Gasteiger charge is 2.48. The number of ether oxygens (including phenoxy) is 2. The summed E-state index contributed by atoms with van der Waals surface area (Å²) in [5, 5.41) is 0. The highest BCUT2D eigenvalue weighted by molar-refractivity contribution is 5.91. The van der Waals surface area contributed by atoms with Gasteiger partial charge >= 0.3 is 0 Å². The van der Waals surface area contributed by atoms with Gasteiger partial charge in [-0.1, -0.05) is 19.1 Å². The van der Waals surface area contributed by atoms with Gasteiger partial charge in [0.15, 0.2) is 12.6 Å². The van der Waals surface area contributed by atoms with Crippen LogP contribution in [0, 0.1) is 12.8 Å². The van der Waals surface area contributed by atoms with E-state index >= 15 is 0 Å². The maximum Gasteiger partial charge on any atom is 0.189 e. The molecule has 0 spiro atoms. The number of fused-ring (bicyclic) bond motifs is 1. The first-order valence-electron chi connectivity index (χ1n) is 7.61. The topological polar surface area (TPSA) is 52.6 Å². The molecule has 1 saturated heterocycles. The van der Waals surface area contributed by atoms with Crippen LogP contribution in [0.15, 0.2) is 30.0 Å². The SMILES string of the molecule is Cc1ccc(CC(C)[C@]23CCC(=O)C=C2OCO3)cc1C=O. The maximum absolute atomic E-state index is 11.6. The summed E-state index contributed by atoms with van der Waals surface area (Å²) in [5.41, 5.74) is 2.30. The molecule has 1 unspecified atom stereocenters. The van der Waals surface area contributed by atoms with Crippen LogP contribution >= 0.6 is 0 Å². The van der Waals surface area contributed by atoms with E-state index in [1.165, 1.54) is 0 Å². The number of hydrogen-bond acceptors (Lipinski definition) is 4. The second kappa shape index (κ2) is 5.69. The van der Waals surface area contributed by atoms with Gasteiger partial charge in [-0.25, -0.2) is 0 Å². The van der Waals surface area contributed by atoms with E-state index in [1.807, 2.05) is 25.1 Å². The summed E-state index contributed by atoms with van der Waals surface area (Å²) in [6, 6.07) is 5.95. The zero-order chi connectivity index (χ0) is 15.7. The van der Waals surface area contributed by atoms with Crippen LogP contribution in [0.4, 0.5) is 0 Å². The summed E-state index contributed by atoms with van der Waals surface area (Å²) in [6.07, 6.45) is 4.40. The maximum atomic E-state index is 11.6. The van der Waals surface area contributed by atoms with Crippen LogP contribution in [0.3, 0.4) is 0 Å². The predicted octanol–water partition coefficient (Wildman–Crippen LogP) is 2.98. The van der Waals surface area contributed by atoms with Gasteiger partial charge in [-0.05, 0) is 42.9 Å². The molecular formula is C18H20O4. The monoisotopic (exact) mass is 300 g/mol. The van der Waals surface area contributed by atoms with Crippen molar-refractivity contribution in [2.24, 2.45) is 5.92 Å². The molecule has 4 heteroatoms. The Hall–Kier alpha value is -1.94. The van der Waals surface area contributed by atoms with Crippen molar-refractivity contribution in [2.45, 2.75) is 38.7 Å². The smallest absolute Gasteiger partial charge is 0.189 e. The summed E-state index contributed by atoms with van der Waals surface area (Å²) < 4.78 is 11.4. The number of carbonyl (C=O) groups is 2. The average molecular weight is 300 g/mol. The van der Waals surface area contributed by atoms with Crippen molar-refractivity contribution < 1.29 is 19.1 Å². The molecule has 1 aromatic rings. The van der Waals surface area contributed by atoms with Gasteiger partial charge in [0.25, 0.3) is 0 Å². The van der Waals surface area contributed by atoms with Crippen molar-refractivity contribution in [3.8, 4) is 0 Å². The van der Waals surface area contributed by atoms with Crippen molar-refractivity contribution in [3.05, 3.63) is 46.7 Å². The Morgan fingerprint density at radius 3 is 3.00 bits per heavy atom. The van der Waals surface area contributed by atoms with Crippen molar-refractivity contribution >= 4 is 12.1 Å². The molecule has 1 aliphatic carbocycles. The van der Waals surface area contributed by atoms with Gasteiger partial charge in [-0.2, -0.15) is 0 Å². The minimum Gasteiger partial charge on any atom is -0.469 e. The van der Waals surface area contributed by atoms with Gasteiger partial charge in [-0.15, -0.1) is 0 Å². The molecule has 0 bridgehead atoms. The molecule has 0 N–H and O–H groups in total. The molecule has 1 aromatic carbocycles. The highest BCUT2D eigenvalue weighted by atomic mass is 16.7. The highest BCUT2D eigenvalue weighted by Crippen LogP contribution is 2.43. The number of ketones is 1. The first kappa shape index (κ1) is 15.0. The first-order valence-corrected chi connectivity index (χ1v) is 7.61. The standard InChI is InChI=1S/C18H20O4/c1-12-3-4-14(8-15(12)10-19)7-13(2)18-6-5-16(20)9-17(18)21-11-22-18/h3-4,8-10,13H,5-7,11H2,1-2H3/t13?,18-/m1/s1. The third kappa shape index (κ3) is 2.48. The summed E-state index contributed by atoms with van der Waals surface area (Å²) in [4.78, 5) is 22.7. The Labute approximate surface area is 130 Å². The fourth-order valence-corrected chi connectivity index (χ4v) is 3.37. The largest absolute Gasteiger partial charge is 0.469 e. The third-order valence-corrected chi connectivity index (χ3v) is 4.79. The zero-order valence-corrected chi connectivity index (χ0v) is 12.9. The van der Waals surface area contributed by atoms with E-state index in [1.54, 1.807) is 6.08 Å². The lowest BCUT2D eigenvalue weighted by Gasteiger charge is -2.35. The molecular weight excluding hydrogens is 280 g/mol. The second-order valence-corrected chi connectivity index (χ2v) is 6.18. The van der Waals surface area contributed by atoms with Gasteiger partial charge in [0.2, 0.25) is 0 Å². The van der Waals surface area contributed by atoms with Crippen molar-refractivity contribution in [1.82, 2.24) is 0 Å². The Morgan fingerprint density at radius 1 is 1.41 bits per heavy atom. The van der Waals surface area contributed by atoms with Crippen LogP contribution in [0.5, 0.6) is 0 Å². The number of aldehydes is 1. The molecule has 1 aliphatic heterocycles. The number of rotatable bonds is 4. The number of allylic oxidation sites excluding steroid dienone is 1. The van der Waals surface area contributed by atoms with E-state index in [-0.39, 0.29) is 18.5 Å². The van der Waals surface area contributed by atoms with Crippen molar-refractivity contribution in [2.75, 3.05) is 6.79 Å². The number of hydrogen-bond donors (Lipinski definition) is 0. The van der Waals surface area contributed by atoms with Gasteiger partial charge in [0.05, 0.1) is 0 Å². The summed E-state index contributed by atoms with van der Waals surface area (Å²) >= 11 is 0. The van der Waals surface area contributed by atoms with E-state index in [9.17, 15) is 9.59 Å². The van der Waals surface area contributed by atoms with E-state index in [4.69, 9.17) is 9.47 Å². The fraction of sp³-hybridized carbons (Fsp3) is 0.444. The second-order valence-electron chi connectivity index (χ2n) is 6.18. The first-order chi connectivity index (χ1) is 10.5. The molecule has 1 heterocycles. The van der Waals surface area contributed by atoms with Crippen LogP contribution in [0.1, 0.15) is 41.3 Å². The minimum absolute atomic E-state index is 0.0990. The van der Waals surface area contributed by atoms with Crippen LogP contribution in [0.25, 0.3) is 0 Å². The predicted molar refractivity (Wildman–Crippen MR) is 81.5 cm³/mol. The molecule has 0 radical (unpaired) electrons. The van der Waals surface area contributed by atoms with E-state index in [2.05, 4.69) is 6.92 Å². The van der Waals surface area contributed by atoms with Gasteiger partial charge < -0.3 is 9.47 Å². The summed E-state index contributed by atoms with van der Waals surface area (Å²) in [7, 11) is 0. The van der Waals surface area contributed by atoms with Crippen molar-refractivity contribution in [1.29, 1.82) is 0 Å². The quantitative estimate of drug-likeness (QED) is 0.802. The molecule has 2 aliphatic rings. The Kier molecular flexibility index (Phi) is 3.87. The molecule has 0 amide bonds. The average Bonchev–Trinajstić information content (AvgIpc) is 2.93. The third-order valence-electron chi connectivity index (χ3n) is 4.79. The van der Waals surface area contributed by atoms with Gasteiger partial charge in [-0.3, -0.25) is 9.59 Å². The fourth-order valence-electron chi connectivity index (χ4n) is 3.37. The van der Waals surface area contributed by atoms with Crippen LogP contribution < -0.4 is 0 Å². The van der Waals surface area contributed by atoms with Crippen LogP contribution in [-0.4, -0.2) is 24.5 Å². The molecule has 116 valence electrons. The Morgan fingerprint density at radius 2 is 2.23 bits per heavy atom. The molecule has 22 heavy (non-hydrogen) atoms. The number of benzene rings is 1. The molecule has 2 atom stereocenters. The zero-order valence-electron chi connectivity index (χ0n) is 12.9. The lowest BCUT2D eigenvalue weighted by Crippen LogP contribution is -2.41. The Bertz CT molecular complexity index is 646. The van der Waals surface area contributed by atoms with E-state index in [0.717, 1.165) is 29.4 Å². The molecule has 0 saturated carbocycles. The van der Waals surface area contributed by atoms with Crippen LogP contribution in [-0.2, 0) is 20.7 Å². The normalized spacial score (nSPS) is 25.2. The van der Waals surface area contributed by atoms with E-state index in [0.29, 0.717) is 18.6 Å².